The summed E-state index contributed by atoms with van der Waals surface area (Å²) in [5, 5.41) is 1.27. The van der Waals surface area contributed by atoms with Crippen molar-refractivity contribution in [1.82, 2.24) is 9.47 Å². The summed E-state index contributed by atoms with van der Waals surface area (Å²) in [4.78, 5) is 2.42. The van der Waals surface area contributed by atoms with Crippen molar-refractivity contribution in [2.45, 2.75) is 43.9 Å². The van der Waals surface area contributed by atoms with Gasteiger partial charge in [-0.15, -0.1) is 6.58 Å². The SMILES string of the molecule is C=CCN1C=CCCC(COCc2ccccc2)(COCc2ccccc2)c2c(c3ccccc3n2C)C1CCOC. The first-order chi connectivity index (χ1) is 20.7. The number of nitrogens with zero attached hydrogens (tertiary/aromatic N) is 2. The number of hydrogen-bond acceptors (Lipinski definition) is 4. The van der Waals surface area contributed by atoms with Crippen LogP contribution in [0.1, 0.15) is 47.7 Å². The highest BCUT2D eigenvalue weighted by Crippen LogP contribution is 2.44. The molecule has 220 valence electrons. The van der Waals surface area contributed by atoms with Crippen molar-refractivity contribution < 1.29 is 14.2 Å². The van der Waals surface area contributed by atoms with E-state index in [4.69, 9.17) is 14.2 Å². The first kappa shape index (κ1) is 29.8. The largest absolute Gasteiger partial charge is 0.385 e. The zero-order valence-corrected chi connectivity index (χ0v) is 25.1. The van der Waals surface area contributed by atoms with Gasteiger partial charge in [0.1, 0.15) is 0 Å². The number of aryl methyl sites for hydroxylation is 1. The summed E-state index contributed by atoms with van der Waals surface area (Å²) in [6.07, 6.45) is 9.24. The lowest BCUT2D eigenvalue weighted by Crippen LogP contribution is -2.40. The lowest BCUT2D eigenvalue weighted by atomic mass is 9.77. The molecule has 0 N–H and O–H groups in total. The van der Waals surface area contributed by atoms with Gasteiger partial charge in [-0.25, -0.2) is 0 Å². The number of benzene rings is 3. The minimum absolute atomic E-state index is 0.112. The van der Waals surface area contributed by atoms with Crippen molar-refractivity contribution in [1.29, 1.82) is 0 Å². The lowest BCUT2D eigenvalue weighted by Gasteiger charge is -2.37. The van der Waals surface area contributed by atoms with Gasteiger partial charge in [0.2, 0.25) is 0 Å². The Bertz CT molecular complexity index is 1400. The van der Waals surface area contributed by atoms with Crippen molar-refractivity contribution in [3.63, 3.8) is 0 Å². The maximum atomic E-state index is 6.63. The molecule has 1 aliphatic heterocycles. The van der Waals surface area contributed by atoms with Crippen molar-refractivity contribution in [3.05, 3.63) is 132 Å². The highest BCUT2D eigenvalue weighted by atomic mass is 16.5. The van der Waals surface area contributed by atoms with Crippen LogP contribution >= 0.6 is 0 Å². The van der Waals surface area contributed by atoms with E-state index in [0.29, 0.717) is 33.0 Å². The third-order valence-electron chi connectivity index (χ3n) is 8.38. The standard InChI is InChI=1S/C37H44N2O3/c1-4-23-39-24-14-13-22-37(28-41-26-30-15-7-5-8-16-30,29-42-27-31-17-9-6-10-18-31)36-35(34(39)21-25-40-3)32-19-11-12-20-33(32)38(36)2/h4-12,14-20,24,34H,1,13,21-23,25-29H2,2-3H3. The van der Waals surface area contributed by atoms with Crippen LogP contribution in [0.2, 0.25) is 0 Å². The van der Waals surface area contributed by atoms with Gasteiger partial charge in [-0.1, -0.05) is 91.0 Å². The summed E-state index contributed by atoms with van der Waals surface area (Å²) in [5.74, 6) is 0. The van der Waals surface area contributed by atoms with E-state index >= 15 is 0 Å². The molecular weight excluding hydrogens is 520 g/mol. The molecule has 2 heterocycles. The smallest absolute Gasteiger partial charge is 0.0717 e. The number of hydrogen-bond donors (Lipinski definition) is 0. The van der Waals surface area contributed by atoms with E-state index in [1.807, 2.05) is 18.2 Å². The molecule has 5 heteroatoms. The molecule has 1 aromatic heterocycles. The Balaban J connectivity index is 1.63. The topological polar surface area (TPSA) is 35.9 Å². The van der Waals surface area contributed by atoms with Crippen molar-refractivity contribution in [3.8, 4) is 0 Å². The molecule has 0 saturated heterocycles. The lowest BCUT2D eigenvalue weighted by molar-refractivity contribution is 0.000228. The molecule has 0 radical (unpaired) electrons. The molecule has 42 heavy (non-hydrogen) atoms. The van der Waals surface area contributed by atoms with Crippen LogP contribution in [0.25, 0.3) is 10.9 Å². The van der Waals surface area contributed by atoms with Crippen LogP contribution in [0, 0.1) is 0 Å². The van der Waals surface area contributed by atoms with Gasteiger partial charge in [-0.3, -0.25) is 0 Å². The molecule has 0 saturated carbocycles. The third-order valence-corrected chi connectivity index (χ3v) is 8.38. The zero-order chi connectivity index (χ0) is 29.2. The maximum absolute atomic E-state index is 6.63. The average molecular weight is 565 g/mol. The van der Waals surface area contributed by atoms with E-state index < -0.39 is 0 Å². The van der Waals surface area contributed by atoms with Gasteiger partial charge >= 0.3 is 0 Å². The number of methoxy groups -OCH3 is 1. The van der Waals surface area contributed by atoms with Crippen LogP contribution in [0.3, 0.4) is 0 Å². The van der Waals surface area contributed by atoms with E-state index in [1.165, 1.54) is 33.3 Å². The molecular formula is C37H44N2O3. The minimum atomic E-state index is -0.369. The van der Waals surface area contributed by atoms with E-state index in [-0.39, 0.29) is 11.5 Å². The minimum Gasteiger partial charge on any atom is -0.385 e. The van der Waals surface area contributed by atoms with Crippen molar-refractivity contribution in [2.24, 2.45) is 7.05 Å². The summed E-state index contributed by atoms with van der Waals surface area (Å²) < 4.78 is 21.3. The number of aromatic nitrogens is 1. The zero-order valence-electron chi connectivity index (χ0n) is 25.1. The second kappa shape index (κ2) is 14.5. The molecule has 5 nitrogen and oxygen atoms in total. The second-order valence-electron chi connectivity index (χ2n) is 11.3. The highest BCUT2D eigenvalue weighted by molar-refractivity contribution is 5.86. The van der Waals surface area contributed by atoms with Gasteiger partial charge in [-0.2, -0.15) is 0 Å². The van der Waals surface area contributed by atoms with E-state index in [1.54, 1.807) is 7.11 Å². The first-order valence-electron chi connectivity index (χ1n) is 15.0. The molecule has 0 fully saturated rings. The fourth-order valence-corrected chi connectivity index (χ4v) is 6.44. The number of rotatable bonds is 13. The Morgan fingerprint density at radius 3 is 2.12 bits per heavy atom. The normalized spacial score (nSPS) is 16.5. The number of para-hydroxylation sites is 1. The molecule has 0 spiro atoms. The van der Waals surface area contributed by atoms with Crippen LogP contribution in [-0.4, -0.2) is 42.9 Å². The Morgan fingerprint density at radius 2 is 1.50 bits per heavy atom. The number of ether oxygens (including phenoxy) is 3. The van der Waals surface area contributed by atoms with Crippen LogP contribution in [0.15, 0.2) is 110 Å². The summed E-state index contributed by atoms with van der Waals surface area (Å²) >= 11 is 0. The quantitative estimate of drug-likeness (QED) is 0.156. The van der Waals surface area contributed by atoms with Gasteiger partial charge in [0.05, 0.1) is 37.9 Å². The Hall–Kier alpha value is -3.64. The number of allylic oxidation sites excluding steroid dienone is 1. The van der Waals surface area contributed by atoms with Crippen LogP contribution < -0.4 is 0 Å². The van der Waals surface area contributed by atoms with Gasteiger partial charge in [0, 0.05) is 49.5 Å². The first-order valence-corrected chi connectivity index (χ1v) is 15.0. The monoisotopic (exact) mass is 564 g/mol. The highest BCUT2D eigenvalue weighted by Gasteiger charge is 2.41. The molecule has 1 atom stereocenters. The fourth-order valence-electron chi connectivity index (χ4n) is 6.44. The predicted molar refractivity (Wildman–Crippen MR) is 171 cm³/mol. The van der Waals surface area contributed by atoms with E-state index in [0.717, 1.165) is 25.8 Å². The summed E-state index contributed by atoms with van der Waals surface area (Å²) in [6.45, 7) is 7.74. The molecule has 4 aromatic rings. The Labute approximate surface area is 251 Å². The van der Waals surface area contributed by atoms with E-state index in [9.17, 15) is 0 Å². The molecule has 0 aliphatic carbocycles. The van der Waals surface area contributed by atoms with E-state index in [2.05, 4.69) is 108 Å². The number of fused-ring (bicyclic) bond motifs is 3. The fraction of sp³-hybridized carbons (Fsp3) is 0.351. The molecule has 3 aromatic carbocycles. The molecule has 5 rings (SSSR count). The summed E-state index contributed by atoms with van der Waals surface area (Å²) in [7, 11) is 3.99. The van der Waals surface area contributed by atoms with Gasteiger partial charge in [0.15, 0.2) is 0 Å². The summed E-state index contributed by atoms with van der Waals surface area (Å²) in [6, 6.07) is 29.8. The predicted octanol–water partition coefficient (Wildman–Crippen LogP) is 7.72. The second-order valence-corrected chi connectivity index (χ2v) is 11.3. The molecule has 0 amide bonds. The van der Waals surface area contributed by atoms with Gasteiger partial charge in [0.25, 0.3) is 0 Å². The van der Waals surface area contributed by atoms with Gasteiger partial charge in [-0.05, 0) is 42.7 Å². The van der Waals surface area contributed by atoms with Crippen LogP contribution in [0.5, 0.6) is 0 Å². The van der Waals surface area contributed by atoms with Gasteiger partial charge < -0.3 is 23.7 Å². The maximum Gasteiger partial charge on any atom is 0.0717 e. The van der Waals surface area contributed by atoms with Crippen molar-refractivity contribution >= 4 is 10.9 Å². The molecule has 0 bridgehead atoms. The van der Waals surface area contributed by atoms with Crippen LogP contribution in [-0.2, 0) is 39.9 Å². The Morgan fingerprint density at radius 1 is 0.881 bits per heavy atom. The summed E-state index contributed by atoms with van der Waals surface area (Å²) in [5.41, 5.74) is 5.84. The molecule has 1 unspecified atom stereocenters. The Kier molecular flexibility index (Phi) is 10.3. The average Bonchev–Trinajstić information content (AvgIpc) is 3.34. The third kappa shape index (κ3) is 6.70. The molecule has 1 aliphatic rings. The van der Waals surface area contributed by atoms with Crippen LogP contribution in [0.4, 0.5) is 0 Å². The van der Waals surface area contributed by atoms with Crippen molar-refractivity contribution in [2.75, 3.05) is 33.5 Å².